The summed E-state index contributed by atoms with van der Waals surface area (Å²) in [5.41, 5.74) is 3.36. The van der Waals surface area contributed by atoms with Gasteiger partial charge in [-0.1, -0.05) is 13.0 Å². The molecule has 1 aromatic rings. The van der Waals surface area contributed by atoms with Crippen molar-refractivity contribution in [1.82, 2.24) is 20.2 Å². The first-order chi connectivity index (χ1) is 10.1. The molecule has 1 fully saturated rings. The maximum Gasteiger partial charge on any atom is 0.283 e. The maximum atomic E-state index is 11.5. The van der Waals surface area contributed by atoms with Crippen LogP contribution in [-0.2, 0) is 6.54 Å². The Labute approximate surface area is 126 Å². The van der Waals surface area contributed by atoms with Gasteiger partial charge >= 0.3 is 0 Å². The fourth-order valence-electron chi connectivity index (χ4n) is 2.99. The number of nitrogens with zero attached hydrogens (tertiary/aromatic N) is 3. The smallest absolute Gasteiger partial charge is 0.283 e. The standard InChI is InChI=1S/C15H25N5O/c1-3-20-9-5-7-13(20)11-19(2)10-12-6-4-8-14(17-12)15(21)18-16/h4,6,8,13H,3,5,7,9-11,16H2,1-2H3,(H,18,21). The summed E-state index contributed by atoms with van der Waals surface area (Å²) < 4.78 is 0. The number of rotatable bonds is 6. The Hall–Kier alpha value is -1.50. The molecule has 1 amide bonds. The van der Waals surface area contributed by atoms with Crippen LogP contribution >= 0.6 is 0 Å². The van der Waals surface area contributed by atoms with Gasteiger partial charge in [0.15, 0.2) is 0 Å². The topological polar surface area (TPSA) is 74.5 Å². The number of likely N-dealkylation sites (tertiary alicyclic amines) is 1. The minimum absolute atomic E-state index is 0.354. The molecule has 1 aliphatic heterocycles. The first kappa shape index (κ1) is 15.9. The highest BCUT2D eigenvalue weighted by Crippen LogP contribution is 2.17. The molecule has 0 aromatic carbocycles. The molecule has 1 aromatic heterocycles. The Morgan fingerprint density at radius 2 is 2.38 bits per heavy atom. The number of hydrogen-bond acceptors (Lipinski definition) is 5. The van der Waals surface area contributed by atoms with E-state index in [4.69, 9.17) is 5.84 Å². The summed E-state index contributed by atoms with van der Waals surface area (Å²) in [6.07, 6.45) is 2.55. The summed E-state index contributed by atoms with van der Waals surface area (Å²) in [6, 6.07) is 6.09. The molecule has 1 unspecified atom stereocenters. The van der Waals surface area contributed by atoms with Crippen molar-refractivity contribution < 1.29 is 4.79 Å². The quantitative estimate of drug-likeness (QED) is 0.456. The van der Waals surface area contributed by atoms with Crippen LogP contribution in [0.15, 0.2) is 18.2 Å². The second-order valence-corrected chi connectivity index (χ2v) is 5.61. The molecule has 0 saturated carbocycles. The van der Waals surface area contributed by atoms with Crippen LogP contribution in [0.4, 0.5) is 0 Å². The lowest BCUT2D eigenvalue weighted by atomic mass is 10.2. The third-order valence-corrected chi connectivity index (χ3v) is 4.03. The molecule has 3 N–H and O–H groups in total. The number of pyridine rings is 1. The lowest BCUT2D eigenvalue weighted by Crippen LogP contribution is -2.38. The minimum atomic E-state index is -0.354. The second-order valence-electron chi connectivity index (χ2n) is 5.61. The van der Waals surface area contributed by atoms with E-state index in [9.17, 15) is 4.79 Å². The number of amides is 1. The molecular formula is C15H25N5O. The molecule has 6 nitrogen and oxygen atoms in total. The average Bonchev–Trinajstić information content (AvgIpc) is 2.93. The maximum absolute atomic E-state index is 11.5. The van der Waals surface area contributed by atoms with Crippen LogP contribution in [0, 0.1) is 0 Å². The number of carbonyl (C=O) groups is 1. The van der Waals surface area contributed by atoms with Crippen molar-refractivity contribution in [3.8, 4) is 0 Å². The Kier molecular flexibility index (Phi) is 5.67. The monoisotopic (exact) mass is 291 g/mol. The van der Waals surface area contributed by atoms with E-state index in [1.165, 1.54) is 19.4 Å². The molecule has 0 radical (unpaired) electrons. The van der Waals surface area contributed by atoms with Crippen LogP contribution in [0.2, 0.25) is 0 Å². The van der Waals surface area contributed by atoms with Gasteiger partial charge < -0.3 is 0 Å². The molecule has 6 heteroatoms. The summed E-state index contributed by atoms with van der Waals surface area (Å²) >= 11 is 0. The number of hydrogen-bond donors (Lipinski definition) is 2. The van der Waals surface area contributed by atoms with Crippen LogP contribution in [0.5, 0.6) is 0 Å². The zero-order valence-electron chi connectivity index (χ0n) is 12.9. The minimum Gasteiger partial charge on any atom is -0.299 e. The van der Waals surface area contributed by atoms with Crippen LogP contribution in [0.3, 0.4) is 0 Å². The Bertz CT molecular complexity index is 479. The van der Waals surface area contributed by atoms with E-state index in [1.807, 2.05) is 12.1 Å². The highest BCUT2D eigenvalue weighted by Gasteiger charge is 2.24. The fraction of sp³-hybridized carbons (Fsp3) is 0.600. The highest BCUT2D eigenvalue weighted by molar-refractivity contribution is 5.91. The van der Waals surface area contributed by atoms with Crippen molar-refractivity contribution in [2.24, 2.45) is 5.84 Å². The first-order valence-electron chi connectivity index (χ1n) is 7.53. The van der Waals surface area contributed by atoms with Crippen molar-refractivity contribution in [2.75, 3.05) is 26.7 Å². The number of hydrazine groups is 1. The second kappa shape index (κ2) is 7.49. The summed E-state index contributed by atoms with van der Waals surface area (Å²) in [7, 11) is 2.10. The van der Waals surface area contributed by atoms with Gasteiger partial charge in [-0.2, -0.15) is 0 Å². The van der Waals surface area contributed by atoms with Gasteiger partial charge in [-0.25, -0.2) is 10.8 Å². The third kappa shape index (κ3) is 4.23. The van der Waals surface area contributed by atoms with E-state index in [1.54, 1.807) is 6.07 Å². The molecule has 2 heterocycles. The van der Waals surface area contributed by atoms with Crippen molar-refractivity contribution in [2.45, 2.75) is 32.4 Å². The number of likely N-dealkylation sites (N-methyl/N-ethyl adjacent to an activating group) is 2. The van der Waals surface area contributed by atoms with E-state index >= 15 is 0 Å². The third-order valence-electron chi connectivity index (χ3n) is 4.03. The van der Waals surface area contributed by atoms with E-state index < -0.39 is 0 Å². The summed E-state index contributed by atoms with van der Waals surface area (Å²) in [5, 5.41) is 0. The normalized spacial score (nSPS) is 19.1. The first-order valence-corrected chi connectivity index (χ1v) is 7.53. The van der Waals surface area contributed by atoms with Crippen molar-refractivity contribution in [3.05, 3.63) is 29.6 Å². The van der Waals surface area contributed by atoms with Gasteiger partial charge in [-0.05, 0) is 45.1 Å². The molecule has 2 rings (SSSR count). The van der Waals surface area contributed by atoms with Gasteiger partial charge in [-0.3, -0.25) is 20.0 Å². The largest absolute Gasteiger partial charge is 0.299 e. The van der Waals surface area contributed by atoms with Gasteiger partial charge in [0.1, 0.15) is 5.69 Å². The van der Waals surface area contributed by atoms with E-state index in [0.29, 0.717) is 11.7 Å². The Balaban J connectivity index is 1.93. The zero-order valence-corrected chi connectivity index (χ0v) is 12.9. The number of nitrogens with one attached hydrogen (secondary N) is 1. The Morgan fingerprint density at radius 3 is 3.10 bits per heavy atom. The van der Waals surface area contributed by atoms with Crippen LogP contribution in [-0.4, -0.2) is 53.4 Å². The molecule has 0 bridgehead atoms. The molecule has 1 atom stereocenters. The predicted molar refractivity (Wildman–Crippen MR) is 82.5 cm³/mol. The lowest BCUT2D eigenvalue weighted by molar-refractivity contribution is 0.0948. The number of carbonyl (C=O) groups excluding carboxylic acids is 1. The molecule has 1 aliphatic rings. The molecule has 0 aliphatic carbocycles. The summed E-state index contributed by atoms with van der Waals surface area (Å²) in [4.78, 5) is 20.6. The van der Waals surface area contributed by atoms with Gasteiger partial charge in [-0.15, -0.1) is 0 Å². The van der Waals surface area contributed by atoms with Crippen molar-refractivity contribution in [1.29, 1.82) is 0 Å². The average molecular weight is 291 g/mol. The van der Waals surface area contributed by atoms with E-state index in [-0.39, 0.29) is 5.91 Å². The molecule has 116 valence electrons. The van der Waals surface area contributed by atoms with Crippen LogP contribution in [0.25, 0.3) is 0 Å². The van der Waals surface area contributed by atoms with Crippen LogP contribution < -0.4 is 11.3 Å². The molecule has 21 heavy (non-hydrogen) atoms. The molecule has 1 saturated heterocycles. The van der Waals surface area contributed by atoms with Crippen molar-refractivity contribution >= 4 is 5.91 Å². The summed E-state index contributed by atoms with van der Waals surface area (Å²) in [5.74, 6) is 4.79. The number of aromatic nitrogens is 1. The SMILES string of the molecule is CCN1CCCC1CN(C)Cc1cccc(C(=O)NN)n1. The van der Waals surface area contributed by atoms with Gasteiger partial charge in [0.05, 0.1) is 5.69 Å². The predicted octanol–water partition coefficient (Wildman–Crippen LogP) is 0.601. The highest BCUT2D eigenvalue weighted by atomic mass is 16.2. The Morgan fingerprint density at radius 1 is 1.57 bits per heavy atom. The van der Waals surface area contributed by atoms with E-state index in [2.05, 4.69) is 34.2 Å². The summed E-state index contributed by atoms with van der Waals surface area (Å²) in [6.45, 7) is 6.31. The molecular weight excluding hydrogens is 266 g/mol. The van der Waals surface area contributed by atoms with Gasteiger partial charge in [0.25, 0.3) is 5.91 Å². The van der Waals surface area contributed by atoms with Gasteiger partial charge in [0, 0.05) is 19.1 Å². The van der Waals surface area contributed by atoms with Gasteiger partial charge in [0.2, 0.25) is 0 Å². The van der Waals surface area contributed by atoms with E-state index in [0.717, 1.165) is 25.3 Å². The fourth-order valence-corrected chi connectivity index (χ4v) is 2.99. The van der Waals surface area contributed by atoms with Crippen molar-refractivity contribution in [3.63, 3.8) is 0 Å². The lowest BCUT2D eigenvalue weighted by Gasteiger charge is -2.27. The number of nitrogens with two attached hydrogens (primary N) is 1. The molecule has 0 spiro atoms. The number of nitrogen functional groups attached to an aromatic ring is 1. The zero-order chi connectivity index (χ0) is 15.2. The van der Waals surface area contributed by atoms with Crippen LogP contribution in [0.1, 0.15) is 35.9 Å².